The van der Waals surface area contributed by atoms with Crippen LogP contribution < -0.4 is 10.0 Å². The molecule has 5 heteroatoms. The maximum atomic E-state index is 11.8. The van der Waals surface area contributed by atoms with E-state index >= 15 is 0 Å². The summed E-state index contributed by atoms with van der Waals surface area (Å²) in [5, 5.41) is 3.34. The number of sulfonamides is 1. The van der Waals surface area contributed by atoms with Crippen LogP contribution in [0.1, 0.15) is 24.1 Å². The third-order valence-electron chi connectivity index (χ3n) is 3.45. The fourth-order valence-electron chi connectivity index (χ4n) is 2.27. The number of anilines is 1. The van der Waals surface area contributed by atoms with E-state index in [0.29, 0.717) is 0 Å². The van der Waals surface area contributed by atoms with E-state index in [-0.39, 0.29) is 10.9 Å². The summed E-state index contributed by atoms with van der Waals surface area (Å²) < 4.78 is 26.0. The monoisotopic (exact) mass is 304 g/mol. The number of nitrogens with one attached hydrogen (secondary N) is 2. The molecule has 0 radical (unpaired) electrons. The number of hydrogen-bond donors (Lipinski definition) is 2. The van der Waals surface area contributed by atoms with Crippen molar-refractivity contribution in [3.63, 3.8) is 0 Å². The summed E-state index contributed by atoms with van der Waals surface area (Å²) in [6, 6.07) is 15.1. The van der Waals surface area contributed by atoms with E-state index < -0.39 is 10.0 Å². The van der Waals surface area contributed by atoms with Gasteiger partial charge in [0.15, 0.2) is 0 Å². The first-order valence-corrected chi connectivity index (χ1v) is 8.28. The van der Waals surface area contributed by atoms with Crippen molar-refractivity contribution in [2.24, 2.45) is 0 Å². The van der Waals surface area contributed by atoms with Gasteiger partial charge in [-0.15, -0.1) is 0 Å². The van der Waals surface area contributed by atoms with Crippen LogP contribution in [0.3, 0.4) is 0 Å². The van der Waals surface area contributed by atoms with E-state index in [4.69, 9.17) is 0 Å². The van der Waals surface area contributed by atoms with Crippen molar-refractivity contribution in [3.8, 4) is 0 Å². The molecule has 112 valence electrons. The Hall–Kier alpha value is -1.85. The molecule has 0 aromatic heterocycles. The van der Waals surface area contributed by atoms with Gasteiger partial charge in [0.2, 0.25) is 10.0 Å². The summed E-state index contributed by atoms with van der Waals surface area (Å²) in [4.78, 5) is 0.256. The molecule has 4 nitrogen and oxygen atoms in total. The molecular weight excluding hydrogens is 284 g/mol. The van der Waals surface area contributed by atoms with Crippen molar-refractivity contribution in [2.45, 2.75) is 24.8 Å². The summed E-state index contributed by atoms with van der Waals surface area (Å²) >= 11 is 0. The normalized spacial score (nSPS) is 12.9. The molecule has 0 aliphatic rings. The van der Waals surface area contributed by atoms with E-state index in [1.165, 1.54) is 18.2 Å². The standard InChI is InChI=1S/C16H20N2O2S/c1-12-7-4-5-10-16(12)13(2)18-14-8-6-9-15(11-14)21(19,20)17-3/h4-11,13,17-18H,1-3H3. The van der Waals surface area contributed by atoms with Gasteiger partial charge in [0.25, 0.3) is 0 Å². The molecule has 1 unspecified atom stereocenters. The van der Waals surface area contributed by atoms with E-state index in [9.17, 15) is 8.42 Å². The Morgan fingerprint density at radius 2 is 1.76 bits per heavy atom. The molecule has 2 aromatic rings. The summed E-state index contributed by atoms with van der Waals surface area (Å²) in [7, 11) is -2.01. The van der Waals surface area contributed by atoms with Gasteiger partial charge >= 0.3 is 0 Å². The van der Waals surface area contributed by atoms with Crippen LogP contribution in [-0.2, 0) is 10.0 Å². The Balaban J connectivity index is 2.25. The average molecular weight is 304 g/mol. The molecule has 0 saturated heterocycles. The highest BCUT2D eigenvalue weighted by Crippen LogP contribution is 2.23. The molecule has 1 atom stereocenters. The average Bonchev–Trinajstić information content (AvgIpc) is 2.48. The van der Waals surface area contributed by atoms with Crippen LogP contribution in [-0.4, -0.2) is 15.5 Å². The number of hydrogen-bond acceptors (Lipinski definition) is 3. The van der Waals surface area contributed by atoms with Crippen molar-refractivity contribution >= 4 is 15.7 Å². The summed E-state index contributed by atoms with van der Waals surface area (Å²) in [6.07, 6.45) is 0. The maximum absolute atomic E-state index is 11.8. The zero-order valence-electron chi connectivity index (χ0n) is 12.4. The van der Waals surface area contributed by atoms with Gasteiger partial charge in [-0.25, -0.2) is 13.1 Å². The third kappa shape index (κ3) is 3.62. The molecule has 0 aliphatic carbocycles. The number of benzene rings is 2. The van der Waals surface area contributed by atoms with Crippen molar-refractivity contribution < 1.29 is 8.42 Å². The van der Waals surface area contributed by atoms with Crippen LogP contribution in [0.2, 0.25) is 0 Å². The molecule has 21 heavy (non-hydrogen) atoms. The molecule has 0 bridgehead atoms. The molecule has 2 rings (SSSR count). The highest BCUT2D eigenvalue weighted by Gasteiger charge is 2.13. The smallest absolute Gasteiger partial charge is 0.240 e. The Morgan fingerprint density at radius 1 is 1.05 bits per heavy atom. The second kappa shape index (κ2) is 6.28. The van der Waals surface area contributed by atoms with Gasteiger partial charge in [-0.05, 0) is 50.2 Å². The fraction of sp³-hybridized carbons (Fsp3) is 0.250. The predicted octanol–water partition coefficient (Wildman–Crippen LogP) is 3.08. The van der Waals surface area contributed by atoms with Gasteiger partial charge < -0.3 is 5.32 Å². The number of aryl methyl sites for hydroxylation is 1. The SMILES string of the molecule is CNS(=O)(=O)c1cccc(NC(C)c2ccccc2C)c1. The minimum Gasteiger partial charge on any atom is -0.378 e. The largest absolute Gasteiger partial charge is 0.378 e. The fourth-order valence-corrected chi connectivity index (χ4v) is 3.05. The molecule has 0 fully saturated rings. The quantitative estimate of drug-likeness (QED) is 0.892. The Kier molecular flexibility index (Phi) is 4.65. The van der Waals surface area contributed by atoms with Crippen LogP contribution in [0.5, 0.6) is 0 Å². The molecule has 0 heterocycles. The minimum absolute atomic E-state index is 0.0961. The van der Waals surface area contributed by atoms with Crippen molar-refractivity contribution in [1.29, 1.82) is 0 Å². The van der Waals surface area contributed by atoms with Gasteiger partial charge in [0, 0.05) is 11.7 Å². The summed E-state index contributed by atoms with van der Waals surface area (Å²) in [5.74, 6) is 0. The van der Waals surface area contributed by atoms with Crippen LogP contribution in [0.25, 0.3) is 0 Å². The predicted molar refractivity (Wildman–Crippen MR) is 85.9 cm³/mol. The van der Waals surface area contributed by atoms with Gasteiger partial charge in [-0.1, -0.05) is 30.3 Å². The van der Waals surface area contributed by atoms with Crippen LogP contribution in [0, 0.1) is 6.92 Å². The first-order valence-electron chi connectivity index (χ1n) is 6.79. The lowest BCUT2D eigenvalue weighted by Gasteiger charge is -2.18. The van der Waals surface area contributed by atoms with Crippen molar-refractivity contribution in [2.75, 3.05) is 12.4 Å². The van der Waals surface area contributed by atoms with E-state index in [2.05, 4.69) is 36.0 Å². The second-order valence-corrected chi connectivity index (χ2v) is 6.84. The van der Waals surface area contributed by atoms with Crippen molar-refractivity contribution in [3.05, 3.63) is 59.7 Å². The van der Waals surface area contributed by atoms with Gasteiger partial charge in [-0.3, -0.25) is 0 Å². The molecule has 0 saturated carbocycles. The van der Waals surface area contributed by atoms with Crippen LogP contribution >= 0.6 is 0 Å². The van der Waals surface area contributed by atoms with Gasteiger partial charge in [0.1, 0.15) is 0 Å². The van der Waals surface area contributed by atoms with E-state index in [1.807, 2.05) is 18.2 Å². The molecule has 2 N–H and O–H groups in total. The zero-order valence-corrected chi connectivity index (χ0v) is 13.2. The van der Waals surface area contributed by atoms with Gasteiger partial charge in [0.05, 0.1) is 4.90 Å². The van der Waals surface area contributed by atoms with Crippen LogP contribution in [0.15, 0.2) is 53.4 Å². The van der Waals surface area contributed by atoms with Crippen molar-refractivity contribution in [1.82, 2.24) is 4.72 Å². The first-order chi connectivity index (χ1) is 9.94. The Morgan fingerprint density at radius 3 is 2.43 bits per heavy atom. The van der Waals surface area contributed by atoms with Gasteiger partial charge in [-0.2, -0.15) is 0 Å². The first kappa shape index (κ1) is 15.5. The molecule has 2 aromatic carbocycles. The molecule has 0 amide bonds. The minimum atomic E-state index is -3.42. The zero-order chi connectivity index (χ0) is 15.5. The van der Waals surface area contributed by atoms with E-state index in [0.717, 1.165) is 5.69 Å². The number of rotatable bonds is 5. The highest BCUT2D eigenvalue weighted by atomic mass is 32.2. The Labute approximate surface area is 126 Å². The lowest BCUT2D eigenvalue weighted by atomic mass is 10.0. The lowest BCUT2D eigenvalue weighted by molar-refractivity contribution is 0.588. The molecular formula is C16H20N2O2S. The lowest BCUT2D eigenvalue weighted by Crippen LogP contribution is -2.18. The third-order valence-corrected chi connectivity index (χ3v) is 4.86. The Bertz CT molecular complexity index is 727. The summed E-state index contributed by atoms with van der Waals surface area (Å²) in [6.45, 7) is 4.12. The molecule has 0 aliphatic heterocycles. The highest BCUT2D eigenvalue weighted by molar-refractivity contribution is 7.89. The van der Waals surface area contributed by atoms with Crippen LogP contribution in [0.4, 0.5) is 5.69 Å². The summed E-state index contributed by atoms with van der Waals surface area (Å²) in [5.41, 5.74) is 3.18. The molecule has 0 spiro atoms. The van der Waals surface area contributed by atoms with E-state index in [1.54, 1.807) is 18.2 Å². The second-order valence-electron chi connectivity index (χ2n) is 4.96. The maximum Gasteiger partial charge on any atom is 0.240 e. The topological polar surface area (TPSA) is 58.2 Å².